The number of anilines is 1. The summed E-state index contributed by atoms with van der Waals surface area (Å²) in [5.74, 6) is 0.421. The first-order valence-corrected chi connectivity index (χ1v) is 13.4. The van der Waals surface area contributed by atoms with Gasteiger partial charge in [-0.2, -0.15) is 0 Å². The van der Waals surface area contributed by atoms with Gasteiger partial charge in [0.05, 0.1) is 16.4 Å². The molecule has 1 N–H and O–H groups in total. The van der Waals surface area contributed by atoms with Crippen LogP contribution in [0.5, 0.6) is 0 Å². The summed E-state index contributed by atoms with van der Waals surface area (Å²) in [7, 11) is 3.92. The fraction of sp³-hybridized carbons (Fsp3) is 0.259. The van der Waals surface area contributed by atoms with Crippen molar-refractivity contribution in [2.75, 3.05) is 25.2 Å². The van der Waals surface area contributed by atoms with E-state index in [1.54, 1.807) is 6.07 Å². The van der Waals surface area contributed by atoms with Crippen LogP contribution in [-0.2, 0) is 20.0 Å². The molecular weight excluding hydrogens is 510 g/mol. The van der Waals surface area contributed by atoms with E-state index in [2.05, 4.69) is 20.2 Å². The minimum atomic E-state index is -0.310. The zero-order valence-electron chi connectivity index (χ0n) is 21.0. The summed E-state index contributed by atoms with van der Waals surface area (Å²) in [6, 6.07) is 11.3. The van der Waals surface area contributed by atoms with E-state index in [0.717, 1.165) is 53.2 Å². The van der Waals surface area contributed by atoms with Gasteiger partial charge in [-0.25, -0.2) is 9.97 Å². The minimum absolute atomic E-state index is 0.276. The van der Waals surface area contributed by atoms with Crippen molar-refractivity contribution < 1.29 is 14.0 Å². The summed E-state index contributed by atoms with van der Waals surface area (Å²) in [6.07, 6.45) is 3.38. The van der Waals surface area contributed by atoms with Gasteiger partial charge in [0.2, 0.25) is 5.89 Å². The fourth-order valence-corrected chi connectivity index (χ4v) is 5.43. The average molecular weight is 536 g/mol. The topological polar surface area (TPSA) is 93.3 Å². The Balaban J connectivity index is 1.48. The Morgan fingerprint density at radius 1 is 1.14 bits per heavy atom. The van der Waals surface area contributed by atoms with E-state index in [9.17, 15) is 9.59 Å². The van der Waals surface area contributed by atoms with Gasteiger partial charge in [-0.15, -0.1) is 0 Å². The predicted octanol–water partition coefficient (Wildman–Crippen LogP) is 5.48. The Morgan fingerprint density at radius 3 is 2.59 bits per heavy atom. The average Bonchev–Trinajstić information content (AvgIpc) is 3.46. The van der Waals surface area contributed by atoms with Gasteiger partial charge >= 0.3 is 0 Å². The quantitative estimate of drug-likeness (QED) is 0.258. The molecule has 0 aliphatic carbocycles. The molecule has 0 bridgehead atoms. The molecule has 3 heterocycles. The lowest BCUT2D eigenvalue weighted by Gasteiger charge is -2.21. The maximum absolute atomic E-state index is 13.2. The molecule has 0 spiro atoms. The van der Waals surface area contributed by atoms with Crippen LogP contribution >= 0.6 is 23.4 Å². The lowest BCUT2D eigenvalue weighted by atomic mass is 9.96. The first-order chi connectivity index (χ1) is 17.8. The fourth-order valence-electron chi connectivity index (χ4n) is 4.69. The van der Waals surface area contributed by atoms with Gasteiger partial charge in [0.25, 0.3) is 5.91 Å². The van der Waals surface area contributed by atoms with Crippen molar-refractivity contribution >= 4 is 41.2 Å². The summed E-state index contributed by atoms with van der Waals surface area (Å²) in [4.78, 5) is 35.7. The van der Waals surface area contributed by atoms with E-state index >= 15 is 0 Å². The second-order valence-corrected chi connectivity index (χ2v) is 10.1. The molecule has 5 rings (SSSR count). The number of amides is 1. The first-order valence-electron chi connectivity index (χ1n) is 11.8. The van der Waals surface area contributed by atoms with Gasteiger partial charge in [-0.1, -0.05) is 47.6 Å². The highest BCUT2D eigenvalue weighted by Gasteiger charge is 2.25. The Hall–Kier alpha value is -3.40. The molecule has 2 aromatic heterocycles. The van der Waals surface area contributed by atoms with Crippen molar-refractivity contribution in [2.45, 2.75) is 25.0 Å². The second kappa shape index (κ2) is 10.2. The smallest absolute Gasteiger partial charge is 0.291 e. The molecule has 0 fully saturated rings. The van der Waals surface area contributed by atoms with E-state index in [1.165, 1.54) is 11.8 Å². The summed E-state index contributed by atoms with van der Waals surface area (Å²) in [5.41, 5.74) is 6.06. The normalized spacial score (nSPS) is 13.4. The molecule has 37 heavy (non-hydrogen) atoms. The van der Waals surface area contributed by atoms with E-state index in [4.69, 9.17) is 16.0 Å². The molecule has 4 aromatic rings. The maximum Gasteiger partial charge on any atom is 0.291 e. The number of aldehydes is 1. The molecule has 0 unspecified atom stereocenters. The molecule has 0 saturated heterocycles. The lowest BCUT2D eigenvalue weighted by Crippen LogP contribution is -2.27. The van der Waals surface area contributed by atoms with E-state index in [-0.39, 0.29) is 11.6 Å². The highest BCUT2D eigenvalue weighted by atomic mass is 35.5. The Labute approximate surface area is 224 Å². The van der Waals surface area contributed by atoms with Crippen LogP contribution in [0.3, 0.4) is 0 Å². The molecule has 0 radical (unpaired) electrons. The zero-order valence-corrected chi connectivity index (χ0v) is 22.5. The molecule has 190 valence electrons. The number of oxazole rings is 1. The number of likely N-dealkylation sites (N-methyl/N-ethyl adjacent to an activating group) is 1. The summed E-state index contributed by atoms with van der Waals surface area (Å²) in [5, 5.41) is 3.84. The van der Waals surface area contributed by atoms with Crippen LogP contribution in [0.25, 0.3) is 22.6 Å². The number of hydrogen-bond donors (Lipinski definition) is 1. The monoisotopic (exact) mass is 535 g/mol. The van der Waals surface area contributed by atoms with Crippen molar-refractivity contribution in [3.05, 3.63) is 69.9 Å². The van der Waals surface area contributed by atoms with Crippen LogP contribution < -0.4 is 5.32 Å². The van der Waals surface area contributed by atoms with Gasteiger partial charge in [0, 0.05) is 43.4 Å². The second-order valence-electron chi connectivity index (χ2n) is 8.99. The van der Waals surface area contributed by atoms with Gasteiger partial charge in [0.1, 0.15) is 0 Å². The van der Waals surface area contributed by atoms with Crippen molar-refractivity contribution in [3.63, 3.8) is 0 Å². The van der Waals surface area contributed by atoms with Gasteiger partial charge < -0.3 is 19.2 Å². The van der Waals surface area contributed by atoms with Crippen molar-refractivity contribution in [1.82, 2.24) is 19.4 Å². The molecule has 1 amide bonds. The van der Waals surface area contributed by atoms with Crippen molar-refractivity contribution in [2.24, 2.45) is 7.05 Å². The van der Waals surface area contributed by atoms with Gasteiger partial charge in [0.15, 0.2) is 22.9 Å². The van der Waals surface area contributed by atoms with Crippen LogP contribution in [0.4, 0.5) is 5.69 Å². The number of carbonyl (C=O) groups is 2. The van der Waals surface area contributed by atoms with Crippen LogP contribution in [0.1, 0.15) is 38.1 Å². The third kappa shape index (κ3) is 4.58. The lowest BCUT2D eigenvalue weighted by molar-refractivity contribution is 0.101. The number of nitrogens with one attached hydrogen (secondary N) is 1. The standard InChI is InChI=1S/C27H26ClN5O3S/c1-15-16(7-5-8-17(15)26-31-21(14-34)27(36-26)37-4)18-9-6-10-19(23(18)28)30-25(35)24-29-20-13-32(2)12-11-22(20)33(24)3/h5-10,14H,11-13H2,1-4H3,(H,30,35). The zero-order chi connectivity index (χ0) is 26.3. The number of halogens is 1. The number of benzene rings is 2. The largest absolute Gasteiger partial charge is 0.429 e. The number of imidazole rings is 1. The molecule has 10 heteroatoms. The maximum atomic E-state index is 13.2. The third-order valence-corrected chi connectivity index (χ3v) is 7.74. The number of aromatic nitrogens is 3. The van der Waals surface area contributed by atoms with Crippen molar-refractivity contribution in [1.29, 1.82) is 0 Å². The molecule has 2 aromatic carbocycles. The molecule has 0 atom stereocenters. The van der Waals surface area contributed by atoms with Crippen molar-refractivity contribution in [3.8, 4) is 22.6 Å². The Kier molecular flexibility index (Phi) is 6.94. The molecule has 1 aliphatic heterocycles. The SMILES string of the molecule is CSc1oc(-c2cccc(-c3cccc(NC(=O)c4nc5c(n4C)CCN(C)C5)c3Cl)c2C)nc1C=O. The number of fused-ring (bicyclic) bond motifs is 1. The molecule has 8 nitrogen and oxygen atoms in total. The van der Waals surface area contributed by atoms with E-state index in [1.807, 2.05) is 62.2 Å². The summed E-state index contributed by atoms with van der Waals surface area (Å²) in [6.45, 7) is 3.60. The molecular formula is C27H26ClN5O3S. The Morgan fingerprint density at radius 2 is 1.86 bits per heavy atom. The highest BCUT2D eigenvalue weighted by Crippen LogP contribution is 2.39. The number of carbonyl (C=O) groups excluding carboxylic acids is 2. The summed E-state index contributed by atoms with van der Waals surface area (Å²) < 4.78 is 7.71. The summed E-state index contributed by atoms with van der Waals surface area (Å²) >= 11 is 8.17. The predicted molar refractivity (Wildman–Crippen MR) is 145 cm³/mol. The number of nitrogens with zero attached hydrogens (tertiary/aromatic N) is 4. The van der Waals surface area contributed by atoms with Crippen LogP contribution in [-0.4, -0.2) is 51.5 Å². The van der Waals surface area contributed by atoms with Gasteiger partial charge in [-0.05, 0) is 43.5 Å². The van der Waals surface area contributed by atoms with E-state index in [0.29, 0.717) is 33.8 Å². The molecule has 1 aliphatic rings. The molecule has 0 saturated carbocycles. The minimum Gasteiger partial charge on any atom is -0.429 e. The number of rotatable bonds is 6. The Bertz CT molecular complexity index is 1530. The van der Waals surface area contributed by atoms with Gasteiger partial charge in [-0.3, -0.25) is 9.59 Å². The van der Waals surface area contributed by atoms with E-state index < -0.39 is 0 Å². The van der Waals surface area contributed by atoms with Crippen LogP contribution in [0.2, 0.25) is 5.02 Å². The van der Waals surface area contributed by atoms with Crippen LogP contribution in [0.15, 0.2) is 45.9 Å². The highest BCUT2D eigenvalue weighted by molar-refractivity contribution is 7.98. The third-order valence-electron chi connectivity index (χ3n) is 6.67. The number of thioether (sulfide) groups is 1. The van der Waals surface area contributed by atoms with Crippen LogP contribution in [0, 0.1) is 6.92 Å². The number of hydrogen-bond acceptors (Lipinski definition) is 7. The first kappa shape index (κ1) is 25.3.